The predicted octanol–water partition coefficient (Wildman–Crippen LogP) is 4.00. The SMILES string of the molecule is NC(N)=NCCCCC(=O)NC1C(=O)N2C(C(=O)O)=C(COc3cc(Cl)ccc3Oc3ccc(Cl)cc3Cl)CS[C@H]12. The van der Waals surface area contributed by atoms with Gasteiger partial charge in [0.25, 0.3) is 5.91 Å². The minimum atomic E-state index is -1.28. The van der Waals surface area contributed by atoms with E-state index in [4.69, 9.17) is 55.7 Å². The van der Waals surface area contributed by atoms with Gasteiger partial charge in [-0.1, -0.05) is 34.8 Å². The van der Waals surface area contributed by atoms with Gasteiger partial charge < -0.3 is 31.4 Å². The highest BCUT2D eigenvalue weighted by Crippen LogP contribution is 2.42. The summed E-state index contributed by atoms with van der Waals surface area (Å²) in [6.45, 7) is 0.253. The molecule has 218 valence electrons. The number of thioether (sulfide) groups is 1. The molecule has 1 saturated heterocycles. The van der Waals surface area contributed by atoms with Gasteiger partial charge in [0.2, 0.25) is 5.91 Å². The van der Waals surface area contributed by atoms with E-state index < -0.39 is 23.3 Å². The second kappa shape index (κ2) is 13.6. The van der Waals surface area contributed by atoms with Gasteiger partial charge in [0.15, 0.2) is 17.5 Å². The third kappa shape index (κ3) is 7.50. The number of fused-ring (bicyclic) bond motifs is 1. The number of carboxylic acids is 1. The number of nitrogens with one attached hydrogen (secondary N) is 1. The summed E-state index contributed by atoms with van der Waals surface area (Å²) in [6.07, 6.45) is 1.33. The van der Waals surface area contributed by atoms with Crippen LogP contribution in [-0.2, 0) is 14.4 Å². The summed E-state index contributed by atoms with van der Waals surface area (Å²) in [5, 5.41) is 13.2. The van der Waals surface area contributed by atoms with Gasteiger partial charge in [0.1, 0.15) is 29.5 Å². The molecule has 0 aliphatic carbocycles. The number of hydrogen-bond donors (Lipinski definition) is 4. The van der Waals surface area contributed by atoms with Crippen molar-refractivity contribution in [3.63, 3.8) is 0 Å². The highest BCUT2D eigenvalue weighted by Gasteiger charge is 2.54. The topological polar surface area (TPSA) is 170 Å². The van der Waals surface area contributed by atoms with Crippen molar-refractivity contribution in [3.05, 3.63) is 62.7 Å². The molecule has 0 aromatic heterocycles. The number of rotatable bonds is 12. The minimum absolute atomic E-state index is 0.0137. The highest BCUT2D eigenvalue weighted by atomic mass is 35.5. The van der Waals surface area contributed by atoms with Gasteiger partial charge in [-0.3, -0.25) is 19.5 Å². The Morgan fingerprint density at radius 2 is 1.78 bits per heavy atom. The van der Waals surface area contributed by atoms with Gasteiger partial charge in [-0.15, -0.1) is 11.8 Å². The number of unbranched alkanes of at least 4 members (excludes halogenated alkanes) is 1. The van der Waals surface area contributed by atoms with Crippen molar-refractivity contribution in [3.8, 4) is 17.2 Å². The van der Waals surface area contributed by atoms with Crippen molar-refractivity contribution in [1.82, 2.24) is 10.2 Å². The van der Waals surface area contributed by atoms with E-state index in [1.165, 1.54) is 28.8 Å². The van der Waals surface area contributed by atoms with Crippen molar-refractivity contribution >= 4 is 70.3 Å². The van der Waals surface area contributed by atoms with E-state index in [9.17, 15) is 19.5 Å². The highest BCUT2D eigenvalue weighted by molar-refractivity contribution is 8.00. The molecule has 2 heterocycles. The first-order valence-corrected chi connectivity index (χ1v) is 14.5. The molecule has 0 spiro atoms. The normalized spacial score (nSPS) is 17.8. The molecule has 1 unspecified atom stereocenters. The molecule has 0 saturated carbocycles. The Kier molecular flexibility index (Phi) is 10.1. The number of carbonyl (C=O) groups is 3. The summed E-state index contributed by atoms with van der Waals surface area (Å²) in [5.74, 6) is -0.972. The first kappa shape index (κ1) is 30.6. The van der Waals surface area contributed by atoms with Gasteiger partial charge >= 0.3 is 5.97 Å². The van der Waals surface area contributed by atoms with Crippen LogP contribution in [0.3, 0.4) is 0 Å². The number of halogens is 3. The molecule has 2 aromatic rings. The van der Waals surface area contributed by atoms with E-state index >= 15 is 0 Å². The maximum atomic E-state index is 12.9. The van der Waals surface area contributed by atoms with Gasteiger partial charge in [-0.2, -0.15) is 0 Å². The summed E-state index contributed by atoms with van der Waals surface area (Å²) in [4.78, 5) is 42.6. The lowest BCUT2D eigenvalue weighted by Gasteiger charge is -2.49. The third-order valence-corrected chi connectivity index (χ3v) is 8.20. The zero-order valence-electron chi connectivity index (χ0n) is 21.4. The van der Waals surface area contributed by atoms with Gasteiger partial charge in [0, 0.05) is 40.4 Å². The number of carbonyl (C=O) groups excluding carboxylic acids is 2. The molecular formula is C26H26Cl3N5O6S. The van der Waals surface area contributed by atoms with E-state index in [0.717, 1.165) is 0 Å². The molecule has 2 aliphatic heterocycles. The van der Waals surface area contributed by atoms with Crippen LogP contribution in [0.5, 0.6) is 17.2 Å². The van der Waals surface area contributed by atoms with Crippen LogP contribution < -0.4 is 26.3 Å². The lowest BCUT2D eigenvalue weighted by molar-refractivity contribution is -0.150. The van der Waals surface area contributed by atoms with Crippen molar-refractivity contribution in [2.45, 2.75) is 30.7 Å². The Balaban J connectivity index is 1.42. The first-order chi connectivity index (χ1) is 19.5. The molecule has 0 radical (unpaired) electrons. The Morgan fingerprint density at radius 1 is 1.07 bits per heavy atom. The largest absolute Gasteiger partial charge is 0.485 e. The maximum absolute atomic E-state index is 12.9. The van der Waals surface area contributed by atoms with Crippen LogP contribution >= 0.6 is 46.6 Å². The third-order valence-electron chi connectivity index (χ3n) is 6.09. The molecule has 2 amide bonds. The van der Waals surface area contributed by atoms with Crippen LogP contribution in [0.15, 0.2) is 52.7 Å². The Morgan fingerprint density at radius 3 is 2.46 bits per heavy atom. The standard InChI is InChI=1S/C26H26Cl3N5O6S/c27-14-4-6-17(16(29)9-14)40-18-7-5-15(28)10-19(18)39-11-13-12-41-24-21(23(36)34(24)22(13)25(37)38)33-20(35)3-1-2-8-32-26(30)31/h4-7,9-10,21,24H,1-3,8,11-12H2,(H,33,35)(H,37,38)(H4,30,31,32)/t21?,24-/m1/s1. The average molecular weight is 643 g/mol. The number of carboxylic acid groups (broad SMARTS) is 1. The van der Waals surface area contributed by atoms with Crippen LogP contribution in [0.4, 0.5) is 0 Å². The Bertz CT molecular complexity index is 1420. The minimum Gasteiger partial charge on any atom is -0.485 e. The number of nitrogens with two attached hydrogens (primary N) is 2. The number of nitrogens with zero attached hydrogens (tertiary/aromatic N) is 2. The van der Waals surface area contributed by atoms with Crippen molar-refractivity contribution in [1.29, 1.82) is 0 Å². The van der Waals surface area contributed by atoms with E-state index in [0.29, 0.717) is 46.5 Å². The number of aliphatic carboxylic acids is 1. The summed E-state index contributed by atoms with van der Waals surface area (Å²) < 4.78 is 11.8. The fraction of sp³-hybridized carbons (Fsp3) is 0.308. The Labute approximate surface area is 254 Å². The fourth-order valence-corrected chi connectivity index (χ4v) is 6.10. The average Bonchev–Trinajstić information content (AvgIpc) is 2.92. The quantitative estimate of drug-likeness (QED) is 0.116. The van der Waals surface area contributed by atoms with Crippen molar-refractivity contribution in [2.24, 2.45) is 16.5 Å². The predicted molar refractivity (Wildman–Crippen MR) is 158 cm³/mol. The lowest BCUT2D eigenvalue weighted by atomic mass is 10.0. The second-order valence-electron chi connectivity index (χ2n) is 9.03. The summed E-state index contributed by atoms with van der Waals surface area (Å²) in [5.41, 5.74) is 10.8. The number of aliphatic imine (C=N–C) groups is 1. The molecule has 4 rings (SSSR count). The number of amides is 2. The number of guanidine groups is 1. The number of hydrogen-bond acceptors (Lipinski definition) is 7. The summed E-state index contributed by atoms with van der Waals surface area (Å²) in [7, 11) is 0. The zero-order chi connectivity index (χ0) is 29.7. The van der Waals surface area contributed by atoms with Crippen molar-refractivity contribution in [2.75, 3.05) is 18.9 Å². The molecule has 2 atom stereocenters. The molecule has 2 aliphatic rings. The van der Waals surface area contributed by atoms with Gasteiger partial charge in [0.05, 0.1) is 5.02 Å². The molecule has 11 nitrogen and oxygen atoms in total. The van der Waals surface area contributed by atoms with Gasteiger partial charge in [-0.25, -0.2) is 4.79 Å². The van der Waals surface area contributed by atoms with Crippen molar-refractivity contribution < 1.29 is 29.0 Å². The fourth-order valence-electron chi connectivity index (χ4n) is 4.17. The number of β-lactam (4-membered cyclic amide) rings is 1. The lowest BCUT2D eigenvalue weighted by Crippen LogP contribution is -2.70. The number of benzene rings is 2. The van der Waals surface area contributed by atoms with E-state index in [-0.39, 0.29) is 47.1 Å². The van der Waals surface area contributed by atoms with Crippen LogP contribution in [0, 0.1) is 0 Å². The van der Waals surface area contributed by atoms with Crippen LogP contribution in [-0.4, -0.2) is 64.1 Å². The molecule has 15 heteroatoms. The van der Waals surface area contributed by atoms with E-state index in [1.54, 1.807) is 24.3 Å². The molecule has 6 N–H and O–H groups in total. The maximum Gasteiger partial charge on any atom is 0.352 e. The summed E-state index contributed by atoms with van der Waals surface area (Å²) >= 11 is 19.7. The molecular weight excluding hydrogens is 617 g/mol. The number of ether oxygens (including phenoxy) is 2. The van der Waals surface area contributed by atoms with Gasteiger partial charge in [-0.05, 0) is 43.2 Å². The van der Waals surface area contributed by atoms with Crippen LogP contribution in [0.25, 0.3) is 0 Å². The zero-order valence-corrected chi connectivity index (χ0v) is 24.5. The van der Waals surface area contributed by atoms with Crippen LogP contribution in [0.1, 0.15) is 19.3 Å². The summed E-state index contributed by atoms with van der Waals surface area (Å²) in [6, 6.07) is 8.65. The molecule has 41 heavy (non-hydrogen) atoms. The second-order valence-corrected chi connectivity index (χ2v) is 11.4. The monoisotopic (exact) mass is 641 g/mol. The van der Waals surface area contributed by atoms with E-state index in [1.807, 2.05) is 0 Å². The van der Waals surface area contributed by atoms with E-state index in [2.05, 4.69) is 10.3 Å². The molecule has 0 bridgehead atoms. The smallest absolute Gasteiger partial charge is 0.352 e. The molecule has 2 aromatic carbocycles. The van der Waals surface area contributed by atoms with Crippen LogP contribution in [0.2, 0.25) is 15.1 Å². The Hall–Kier alpha value is -3.32. The first-order valence-electron chi connectivity index (χ1n) is 12.3. The molecule has 1 fully saturated rings.